The van der Waals surface area contributed by atoms with E-state index in [0.29, 0.717) is 34.6 Å². The number of thiazole rings is 1. The lowest BCUT2D eigenvalue weighted by Crippen LogP contribution is -2.16. The van der Waals surface area contributed by atoms with Crippen molar-refractivity contribution in [3.05, 3.63) is 53.4 Å². The van der Waals surface area contributed by atoms with Gasteiger partial charge in [-0.2, -0.15) is 0 Å². The molecule has 3 aromatic rings. The molecule has 0 bridgehead atoms. The molecule has 2 heterocycles. The molecule has 162 valence electrons. The molecule has 8 heteroatoms. The molecular formula is C23H24N2O5S. The van der Waals surface area contributed by atoms with E-state index in [9.17, 15) is 4.79 Å². The van der Waals surface area contributed by atoms with Gasteiger partial charge in [-0.1, -0.05) is 6.07 Å². The van der Waals surface area contributed by atoms with Gasteiger partial charge in [0.15, 0.2) is 16.6 Å². The first-order chi connectivity index (χ1) is 15.2. The fourth-order valence-electron chi connectivity index (χ4n) is 3.32. The molecule has 1 atom stereocenters. The second kappa shape index (κ2) is 9.80. The third-order valence-electron chi connectivity index (χ3n) is 4.96. The second-order valence-corrected chi connectivity index (χ2v) is 7.89. The molecule has 0 aliphatic carbocycles. The van der Waals surface area contributed by atoms with E-state index in [1.165, 1.54) is 11.3 Å². The van der Waals surface area contributed by atoms with Crippen molar-refractivity contribution in [2.45, 2.75) is 18.9 Å². The maximum Gasteiger partial charge on any atom is 0.257 e. The van der Waals surface area contributed by atoms with E-state index in [-0.39, 0.29) is 12.0 Å². The molecule has 1 fully saturated rings. The molecule has 1 aromatic heterocycles. The molecule has 1 amide bonds. The second-order valence-electron chi connectivity index (χ2n) is 7.04. The number of anilines is 1. The molecule has 0 spiro atoms. The van der Waals surface area contributed by atoms with E-state index in [4.69, 9.17) is 18.9 Å². The Morgan fingerprint density at radius 3 is 2.84 bits per heavy atom. The summed E-state index contributed by atoms with van der Waals surface area (Å²) in [5, 5.41) is 5.26. The monoisotopic (exact) mass is 440 g/mol. The number of aromatic nitrogens is 1. The molecule has 1 aliphatic heterocycles. The third-order valence-corrected chi connectivity index (χ3v) is 5.72. The van der Waals surface area contributed by atoms with Gasteiger partial charge in [-0.3, -0.25) is 10.1 Å². The quantitative estimate of drug-likeness (QED) is 0.550. The fourth-order valence-corrected chi connectivity index (χ4v) is 4.04. The predicted molar refractivity (Wildman–Crippen MR) is 120 cm³/mol. The van der Waals surface area contributed by atoms with Crippen molar-refractivity contribution in [2.24, 2.45) is 0 Å². The number of benzene rings is 2. The molecule has 1 N–H and O–H groups in total. The average molecular weight is 441 g/mol. The molecule has 1 unspecified atom stereocenters. The van der Waals surface area contributed by atoms with Gasteiger partial charge in [-0.15, -0.1) is 11.3 Å². The number of hydrogen-bond donors (Lipinski definition) is 1. The van der Waals surface area contributed by atoms with Gasteiger partial charge in [-0.25, -0.2) is 4.98 Å². The summed E-state index contributed by atoms with van der Waals surface area (Å²) in [6.07, 6.45) is 2.20. The third kappa shape index (κ3) is 5.15. The minimum absolute atomic E-state index is 0.128. The molecule has 2 aromatic carbocycles. The number of nitrogens with zero attached hydrogens (tertiary/aromatic N) is 1. The van der Waals surface area contributed by atoms with Crippen molar-refractivity contribution < 1.29 is 23.7 Å². The summed E-state index contributed by atoms with van der Waals surface area (Å²) in [7, 11) is 3.18. The van der Waals surface area contributed by atoms with Crippen LogP contribution in [0, 0.1) is 0 Å². The first-order valence-electron chi connectivity index (χ1n) is 10.00. The fraction of sp³-hybridized carbons (Fsp3) is 0.304. The maximum absolute atomic E-state index is 12.7. The van der Waals surface area contributed by atoms with Gasteiger partial charge >= 0.3 is 0 Å². The molecule has 31 heavy (non-hydrogen) atoms. The first kappa shape index (κ1) is 21.1. The van der Waals surface area contributed by atoms with Crippen molar-refractivity contribution >= 4 is 22.4 Å². The molecule has 7 nitrogen and oxygen atoms in total. The maximum atomic E-state index is 12.7. The zero-order valence-electron chi connectivity index (χ0n) is 17.4. The average Bonchev–Trinajstić information content (AvgIpc) is 3.49. The molecule has 4 rings (SSSR count). The highest BCUT2D eigenvalue weighted by Crippen LogP contribution is 2.33. The van der Waals surface area contributed by atoms with E-state index in [2.05, 4.69) is 10.3 Å². The van der Waals surface area contributed by atoms with E-state index in [0.717, 1.165) is 30.7 Å². The van der Waals surface area contributed by atoms with E-state index >= 15 is 0 Å². The van der Waals surface area contributed by atoms with Crippen LogP contribution in [0.15, 0.2) is 47.8 Å². The number of rotatable bonds is 8. The van der Waals surface area contributed by atoms with Gasteiger partial charge in [0.1, 0.15) is 12.4 Å². The Bertz CT molecular complexity index is 1050. The summed E-state index contributed by atoms with van der Waals surface area (Å²) in [6, 6.07) is 12.7. The Labute approximate surface area is 184 Å². The van der Waals surface area contributed by atoms with E-state index < -0.39 is 0 Å². The van der Waals surface area contributed by atoms with Gasteiger partial charge in [0.25, 0.3) is 5.91 Å². The van der Waals surface area contributed by atoms with Crippen LogP contribution in [0.25, 0.3) is 11.3 Å². The minimum Gasteiger partial charge on any atom is -0.493 e. The summed E-state index contributed by atoms with van der Waals surface area (Å²) >= 11 is 1.36. The summed E-state index contributed by atoms with van der Waals surface area (Å²) in [4.78, 5) is 17.2. The van der Waals surface area contributed by atoms with Crippen LogP contribution in [-0.2, 0) is 4.74 Å². The van der Waals surface area contributed by atoms with Gasteiger partial charge in [0.2, 0.25) is 0 Å². The van der Waals surface area contributed by atoms with Crippen molar-refractivity contribution in [1.29, 1.82) is 0 Å². The largest absolute Gasteiger partial charge is 0.493 e. The summed E-state index contributed by atoms with van der Waals surface area (Å²) in [6.45, 7) is 1.28. The highest BCUT2D eigenvalue weighted by Gasteiger charge is 2.17. The summed E-state index contributed by atoms with van der Waals surface area (Å²) in [5.74, 6) is 1.68. The van der Waals surface area contributed by atoms with Gasteiger partial charge in [-0.05, 0) is 49.2 Å². The number of methoxy groups -OCH3 is 2. The van der Waals surface area contributed by atoms with Crippen molar-refractivity contribution in [3.63, 3.8) is 0 Å². The highest BCUT2D eigenvalue weighted by molar-refractivity contribution is 7.14. The van der Waals surface area contributed by atoms with Gasteiger partial charge in [0.05, 0.1) is 26.0 Å². The molecule has 0 saturated carbocycles. The van der Waals surface area contributed by atoms with E-state index in [1.807, 2.05) is 29.6 Å². The summed E-state index contributed by atoms with van der Waals surface area (Å²) < 4.78 is 22.0. The van der Waals surface area contributed by atoms with Crippen LogP contribution < -0.4 is 19.5 Å². The number of nitrogens with one attached hydrogen (secondary N) is 1. The van der Waals surface area contributed by atoms with Crippen molar-refractivity contribution in [1.82, 2.24) is 4.98 Å². The summed E-state index contributed by atoms with van der Waals surface area (Å²) in [5.41, 5.74) is 2.13. The van der Waals surface area contributed by atoms with Crippen LogP contribution in [0.4, 0.5) is 5.13 Å². The Balaban J connectivity index is 1.41. The van der Waals surface area contributed by atoms with Crippen LogP contribution >= 0.6 is 11.3 Å². The van der Waals surface area contributed by atoms with Crippen LogP contribution in [0.3, 0.4) is 0 Å². The Hall–Kier alpha value is -3.10. The Kier molecular flexibility index (Phi) is 6.69. The Morgan fingerprint density at radius 2 is 2.06 bits per heavy atom. The van der Waals surface area contributed by atoms with Gasteiger partial charge < -0.3 is 18.9 Å². The number of carbonyl (C=O) groups excluding carboxylic acids is 1. The lowest BCUT2D eigenvalue weighted by molar-refractivity contribution is 0.0679. The standard InChI is InChI=1S/C23H24N2O5S/c1-27-20-9-8-15(12-21(20)28-2)19-14-31-23(24-19)25-22(26)16-5-3-6-17(11-16)30-13-18-7-4-10-29-18/h3,5-6,8-9,11-12,14,18H,4,7,10,13H2,1-2H3,(H,24,25,26). The number of carbonyl (C=O) groups is 1. The predicted octanol–water partition coefficient (Wildman–Crippen LogP) is 4.64. The topological polar surface area (TPSA) is 78.9 Å². The molecule has 1 aliphatic rings. The number of amides is 1. The SMILES string of the molecule is COc1ccc(-c2csc(NC(=O)c3cccc(OCC4CCCO4)c3)n2)cc1OC. The molecule has 0 radical (unpaired) electrons. The molecule has 1 saturated heterocycles. The Morgan fingerprint density at radius 1 is 1.19 bits per heavy atom. The number of hydrogen-bond acceptors (Lipinski definition) is 7. The molecular weight excluding hydrogens is 416 g/mol. The normalized spacial score (nSPS) is 15.5. The lowest BCUT2D eigenvalue weighted by Gasteiger charge is -2.12. The van der Waals surface area contributed by atoms with Crippen LogP contribution in [0.5, 0.6) is 17.2 Å². The smallest absolute Gasteiger partial charge is 0.257 e. The van der Waals surface area contributed by atoms with Crippen LogP contribution in [0.2, 0.25) is 0 Å². The van der Waals surface area contributed by atoms with Crippen molar-refractivity contribution in [2.75, 3.05) is 32.8 Å². The zero-order chi connectivity index (χ0) is 21.6. The highest BCUT2D eigenvalue weighted by atomic mass is 32.1. The van der Waals surface area contributed by atoms with Crippen LogP contribution in [0.1, 0.15) is 23.2 Å². The first-order valence-corrected chi connectivity index (χ1v) is 10.9. The zero-order valence-corrected chi connectivity index (χ0v) is 18.2. The van der Waals surface area contributed by atoms with Crippen molar-refractivity contribution in [3.8, 4) is 28.5 Å². The van der Waals surface area contributed by atoms with Gasteiger partial charge in [0, 0.05) is 23.1 Å². The minimum atomic E-state index is -0.240. The van der Waals surface area contributed by atoms with E-state index in [1.54, 1.807) is 32.4 Å². The number of ether oxygens (including phenoxy) is 4. The van der Waals surface area contributed by atoms with Crippen LogP contribution in [-0.4, -0.2) is 44.4 Å². The lowest BCUT2D eigenvalue weighted by atomic mass is 10.1.